The maximum Gasteiger partial charge on any atom is 0.279 e. The van der Waals surface area contributed by atoms with Gasteiger partial charge >= 0.3 is 0 Å². The first-order chi connectivity index (χ1) is 12.5. The van der Waals surface area contributed by atoms with E-state index in [4.69, 9.17) is 0 Å². The SMILES string of the molecule is O=C1c2ccc([N+](=O)[O-])cc2C(=O)N1Cn1nnc2ccccc2c1=O. The van der Waals surface area contributed by atoms with Crippen molar-refractivity contribution in [3.63, 3.8) is 0 Å². The first-order valence-corrected chi connectivity index (χ1v) is 7.44. The van der Waals surface area contributed by atoms with Gasteiger partial charge in [0.1, 0.15) is 12.2 Å². The fourth-order valence-corrected chi connectivity index (χ4v) is 2.77. The highest BCUT2D eigenvalue weighted by atomic mass is 16.6. The third-order valence-corrected chi connectivity index (χ3v) is 4.07. The number of nitrogens with zero attached hydrogens (tertiary/aromatic N) is 5. The third-order valence-electron chi connectivity index (χ3n) is 4.07. The summed E-state index contributed by atoms with van der Waals surface area (Å²) < 4.78 is 0.901. The lowest BCUT2D eigenvalue weighted by atomic mass is 10.1. The first kappa shape index (κ1) is 15.6. The molecule has 128 valence electrons. The molecule has 0 atom stereocenters. The number of nitro benzene ring substituents is 1. The number of hydrogen-bond donors (Lipinski definition) is 0. The molecule has 0 N–H and O–H groups in total. The number of carbonyl (C=O) groups is 2. The second kappa shape index (κ2) is 5.55. The van der Waals surface area contributed by atoms with E-state index >= 15 is 0 Å². The zero-order chi connectivity index (χ0) is 18.4. The molecule has 4 rings (SSSR count). The standard InChI is InChI=1S/C16H9N5O5/c22-14-10-6-5-9(21(25)26)7-12(10)15(23)19(14)8-20-16(24)11-3-1-2-4-13(11)17-18-20/h1-7H,8H2. The van der Waals surface area contributed by atoms with E-state index in [0.717, 1.165) is 21.7 Å². The van der Waals surface area contributed by atoms with Crippen LogP contribution in [0.3, 0.4) is 0 Å². The molecular weight excluding hydrogens is 342 g/mol. The van der Waals surface area contributed by atoms with E-state index in [1.807, 2.05) is 0 Å². The van der Waals surface area contributed by atoms with E-state index in [2.05, 4.69) is 10.3 Å². The van der Waals surface area contributed by atoms with Crippen molar-refractivity contribution in [3.8, 4) is 0 Å². The van der Waals surface area contributed by atoms with E-state index in [1.54, 1.807) is 24.3 Å². The monoisotopic (exact) mass is 351 g/mol. The van der Waals surface area contributed by atoms with Crippen molar-refractivity contribution in [3.05, 3.63) is 74.1 Å². The van der Waals surface area contributed by atoms with Crippen molar-refractivity contribution in [1.29, 1.82) is 0 Å². The van der Waals surface area contributed by atoms with Crippen LogP contribution in [0.15, 0.2) is 47.3 Å². The van der Waals surface area contributed by atoms with Gasteiger partial charge in [-0.15, -0.1) is 5.10 Å². The lowest BCUT2D eigenvalue weighted by Gasteiger charge is -2.14. The molecule has 0 unspecified atom stereocenters. The van der Waals surface area contributed by atoms with Gasteiger partial charge in [0.15, 0.2) is 0 Å². The summed E-state index contributed by atoms with van der Waals surface area (Å²) in [6.07, 6.45) is 0. The van der Waals surface area contributed by atoms with Crippen molar-refractivity contribution >= 4 is 28.4 Å². The average molecular weight is 351 g/mol. The van der Waals surface area contributed by atoms with Crippen LogP contribution in [-0.2, 0) is 6.67 Å². The summed E-state index contributed by atoms with van der Waals surface area (Å²) in [4.78, 5) is 48.4. The number of aromatic nitrogens is 3. The van der Waals surface area contributed by atoms with Crippen molar-refractivity contribution in [2.45, 2.75) is 6.67 Å². The van der Waals surface area contributed by atoms with Gasteiger partial charge in [-0.2, -0.15) is 4.68 Å². The molecule has 2 amide bonds. The first-order valence-electron chi connectivity index (χ1n) is 7.44. The summed E-state index contributed by atoms with van der Waals surface area (Å²) in [5, 5.41) is 18.8. The fourth-order valence-electron chi connectivity index (χ4n) is 2.77. The van der Waals surface area contributed by atoms with Crippen LogP contribution in [0.4, 0.5) is 5.69 Å². The number of non-ortho nitro benzene ring substituents is 1. The van der Waals surface area contributed by atoms with Gasteiger partial charge in [0, 0.05) is 12.1 Å². The minimum Gasteiger partial charge on any atom is -0.269 e. The summed E-state index contributed by atoms with van der Waals surface area (Å²) in [7, 11) is 0. The van der Waals surface area contributed by atoms with Gasteiger partial charge in [-0.05, 0) is 18.2 Å². The molecule has 10 nitrogen and oxygen atoms in total. The Balaban J connectivity index is 1.73. The largest absolute Gasteiger partial charge is 0.279 e. The summed E-state index contributed by atoms with van der Waals surface area (Å²) in [6.45, 7) is -0.434. The third kappa shape index (κ3) is 2.24. The van der Waals surface area contributed by atoms with Crippen molar-refractivity contribution in [1.82, 2.24) is 19.9 Å². The van der Waals surface area contributed by atoms with Crippen molar-refractivity contribution < 1.29 is 14.5 Å². The molecule has 1 aliphatic rings. The molecule has 1 aromatic heterocycles. The number of rotatable bonds is 3. The van der Waals surface area contributed by atoms with Crippen LogP contribution in [0.2, 0.25) is 0 Å². The molecule has 3 aromatic rings. The Kier molecular flexibility index (Phi) is 3.32. The zero-order valence-corrected chi connectivity index (χ0v) is 13.0. The van der Waals surface area contributed by atoms with Gasteiger partial charge < -0.3 is 0 Å². The van der Waals surface area contributed by atoms with E-state index in [-0.39, 0.29) is 16.8 Å². The number of hydrogen-bond acceptors (Lipinski definition) is 7. The van der Waals surface area contributed by atoms with Crippen LogP contribution < -0.4 is 5.56 Å². The molecule has 2 aromatic carbocycles. The van der Waals surface area contributed by atoms with Crippen LogP contribution in [0, 0.1) is 10.1 Å². The molecule has 0 fully saturated rings. The van der Waals surface area contributed by atoms with Crippen molar-refractivity contribution in [2.24, 2.45) is 0 Å². The number of fused-ring (bicyclic) bond motifs is 2. The van der Waals surface area contributed by atoms with Gasteiger partial charge in [0.25, 0.3) is 23.1 Å². The van der Waals surface area contributed by atoms with E-state index in [0.29, 0.717) is 10.9 Å². The van der Waals surface area contributed by atoms with Crippen LogP contribution in [0.25, 0.3) is 10.9 Å². The van der Waals surface area contributed by atoms with Crippen LogP contribution in [0.5, 0.6) is 0 Å². The van der Waals surface area contributed by atoms with Gasteiger partial charge in [-0.1, -0.05) is 17.3 Å². The Hall–Kier alpha value is -3.95. The van der Waals surface area contributed by atoms with Crippen LogP contribution >= 0.6 is 0 Å². The molecule has 2 heterocycles. The maximum atomic E-state index is 12.5. The molecular formula is C16H9N5O5. The Labute approximate surface area is 144 Å². The van der Waals surface area contributed by atoms with Crippen LogP contribution in [-0.4, -0.2) is 36.6 Å². The van der Waals surface area contributed by atoms with E-state index in [1.165, 1.54) is 6.07 Å². The predicted octanol–water partition coefficient (Wildman–Crippen LogP) is 0.953. The number of nitro groups is 1. The number of imide groups is 1. The highest BCUT2D eigenvalue weighted by Crippen LogP contribution is 2.26. The summed E-state index contributed by atoms with van der Waals surface area (Å²) in [5.41, 5.74) is -0.437. The quantitative estimate of drug-likeness (QED) is 0.390. The van der Waals surface area contributed by atoms with Gasteiger partial charge in [-0.3, -0.25) is 29.4 Å². The van der Waals surface area contributed by atoms with Gasteiger partial charge in [0.05, 0.1) is 21.4 Å². The Morgan fingerprint density at radius 3 is 2.50 bits per heavy atom. The second-order valence-electron chi connectivity index (χ2n) is 5.58. The maximum absolute atomic E-state index is 12.5. The molecule has 0 saturated heterocycles. The summed E-state index contributed by atoms with van der Waals surface area (Å²) in [5.74, 6) is -1.38. The van der Waals surface area contributed by atoms with Gasteiger partial charge in [-0.25, -0.2) is 0 Å². The molecule has 0 radical (unpaired) electrons. The zero-order valence-electron chi connectivity index (χ0n) is 13.0. The lowest BCUT2D eigenvalue weighted by Crippen LogP contribution is -2.37. The van der Waals surface area contributed by atoms with Crippen molar-refractivity contribution in [2.75, 3.05) is 0 Å². The molecule has 26 heavy (non-hydrogen) atoms. The number of benzene rings is 2. The smallest absolute Gasteiger partial charge is 0.269 e. The topological polar surface area (TPSA) is 128 Å². The van der Waals surface area contributed by atoms with Gasteiger partial charge in [0.2, 0.25) is 0 Å². The second-order valence-corrected chi connectivity index (χ2v) is 5.58. The van der Waals surface area contributed by atoms with E-state index in [9.17, 15) is 24.5 Å². The number of carbonyl (C=O) groups excluding carboxylic acids is 2. The van der Waals surface area contributed by atoms with Crippen LogP contribution in [0.1, 0.15) is 20.7 Å². The summed E-state index contributed by atoms with van der Waals surface area (Å²) in [6, 6.07) is 9.97. The Bertz CT molecular complexity index is 1170. The molecule has 1 aliphatic heterocycles. The predicted molar refractivity (Wildman–Crippen MR) is 87.4 cm³/mol. The normalized spacial score (nSPS) is 13.3. The summed E-state index contributed by atoms with van der Waals surface area (Å²) >= 11 is 0. The fraction of sp³-hybridized carbons (Fsp3) is 0.0625. The highest BCUT2D eigenvalue weighted by molar-refractivity contribution is 6.21. The minimum atomic E-state index is -0.726. The Morgan fingerprint density at radius 1 is 1.00 bits per heavy atom. The average Bonchev–Trinajstić information content (AvgIpc) is 2.88. The molecule has 0 saturated carbocycles. The minimum absolute atomic E-state index is 0.0439. The highest BCUT2D eigenvalue weighted by Gasteiger charge is 2.37. The van der Waals surface area contributed by atoms with E-state index < -0.39 is 29.0 Å². The number of amides is 2. The molecule has 10 heteroatoms. The Morgan fingerprint density at radius 2 is 1.73 bits per heavy atom. The molecule has 0 spiro atoms. The lowest BCUT2D eigenvalue weighted by molar-refractivity contribution is -0.384. The molecule has 0 bridgehead atoms. The molecule has 0 aliphatic carbocycles.